The number of hydrogen-bond acceptors (Lipinski definition) is 2. The summed E-state index contributed by atoms with van der Waals surface area (Å²) in [6.07, 6.45) is 0.560. The van der Waals surface area contributed by atoms with Crippen LogP contribution in [-0.2, 0) is 0 Å². The highest BCUT2D eigenvalue weighted by atomic mass is 16.3. The normalized spacial score (nSPS) is 14.6. The lowest BCUT2D eigenvalue weighted by Crippen LogP contribution is -2.19. The Kier molecular flexibility index (Phi) is 4.01. The zero-order valence-electron chi connectivity index (χ0n) is 8.60. The maximum Gasteiger partial charge on any atom is 0.123 e. The molecule has 0 aliphatic rings. The third-order valence-electron chi connectivity index (χ3n) is 1.45. The molecule has 1 atom stereocenters. The molecule has 0 aliphatic heterocycles. The third kappa shape index (κ3) is 7.40. The topological polar surface area (TPSA) is 40.5 Å². The predicted octanol–water partition coefficient (Wildman–Crippen LogP) is 0.925. The molecule has 0 radical (unpaired) electrons. The molecule has 0 amide bonds. The van der Waals surface area contributed by atoms with Gasteiger partial charge >= 0.3 is 0 Å². The van der Waals surface area contributed by atoms with Gasteiger partial charge in [0.05, 0.1) is 0 Å². The summed E-state index contributed by atoms with van der Waals surface area (Å²) in [4.78, 5) is 0. The van der Waals surface area contributed by atoms with E-state index in [0.29, 0.717) is 6.42 Å². The molecular weight excluding hydrogens is 164 g/mol. The van der Waals surface area contributed by atoms with E-state index in [1.807, 2.05) is 6.92 Å². The second kappa shape index (κ2) is 4.33. The number of aliphatic hydroxyl groups is 2. The molecule has 0 aromatic heterocycles. The summed E-state index contributed by atoms with van der Waals surface area (Å²) in [6, 6.07) is 0. The van der Waals surface area contributed by atoms with Gasteiger partial charge in [0, 0.05) is 0 Å². The van der Waals surface area contributed by atoms with Crippen LogP contribution in [0.3, 0.4) is 0 Å². The monoisotopic (exact) mass is 180 g/mol. The van der Waals surface area contributed by atoms with Gasteiger partial charge in [0.2, 0.25) is 0 Å². The van der Waals surface area contributed by atoms with Gasteiger partial charge in [0.15, 0.2) is 0 Å². The van der Waals surface area contributed by atoms with E-state index in [1.165, 1.54) is 0 Å². The lowest BCUT2D eigenvalue weighted by atomic mass is 10.1. The van der Waals surface area contributed by atoms with Crippen molar-refractivity contribution in [3.8, 4) is 23.7 Å². The van der Waals surface area contributed by atoms with Gasteiger partial charge in [-0.25, -0.2) is 0 Å². The molecule has 2 nitrogen and oxygen atoms in total. The fraction of sp³-hybridized carbons (Fsp3) is 0.636. The number of rotatable bonds is 1. The smallest absolute Gasteiger partial charge is 0.123 e. The predicted molar refractivity (Wildman–Crippen MR) is 52.8 cm³/mol. The minimum absolute atomic E-state index is 0.560. The summed E-state index contributed by atoms with van der Waals surface area (Å²) in [5.74, 6) is 10.1. The summed E-state index contributed by atoms with van der Waals surface area (Å²) in [5.41, 5.74) is -2.00. The van der Waals surface area contributed by atoms with Crippen LogP contribution in [-0.4, -0.2) is 21.4 Å². The van der Waals surface area contributed by atoms with Crippen LogP contribution in [0.2, 0.25) is 0 Å². The zero-order valence-corrected chi connectivity index (χ0v) is 8.60. The highest BCUT2D eigenvalue weighted by Crippen LogP contribution is 2.04. The first kappa shape index (κ1) is 12.0. The van der Waals surface area contributed by atoms with Gasteiger partial charge in [0.25, 0.3) is 0 Å². The molecule has 13 heavy (non-hydrogen) atoms. The molecule has 72 valence electrons. The summed E-state index contributed by atoms with van der Waals surface area (Å²) >= 11 is 0. The first-order valence-corrected chi connectivity index (χ1v) is 4.26. The van der Waals surface area contributed by atoms with Crippen LogP contribution in [0.4, 0.5) is 0 Å². The van der Waals surface area contributed by atoms with E-state index >= 15 is 0 Å². The molecule has 0 aromatic rings. The lowest BCUT2D eigenvalue weighted by Gasteiger charge is -2.11. The van der Waals surface area contributed by atoms with Gasteiger partial charge in [-0.05, 0) is 39.0 Å². The summed E-state index contributed by atoms with van der Waals surface area (Å²) < 4.78 is 0. The molecule has 0 fully saturated rings. The maximum absolute atomic E-state index is 9.45. The summed E-state index contributed by atoms with van der Waals surface area (Å²) in [7, 11) is 0. The molecule has 0 bridgehead atoms. The van der Waals surface area contributed by atoms with Crippen molar-refractivity contribution in [1.82, 2.24) is 0 Å². The van der Waals surface area contributed by atoms with E-state index in [1.54, 1.807) is 20.8 Å². The third-order valence-corrected chi connectivity index (χ3v) is 1.45. The molecule has 0 saturated heterocycles. The SMILES string of the molecule is CCC(C)(O)C#CC#CC(C)(C)O. The van der Waals surface area contributed by atoms with Crippen molar-refractivity contribution in [2.24, 2.45) is 0 Å². The molecule has 1 unspecified atom stereocenters. The van der Waals surface area contributed by atoms with Crippen molar-refractivity contribution < 1.29 is 10.2 Å². The van der Waals surface area contributed by atoms with E-state index in [2.05, 4.69) is 23.7 Å². The molecule has 0 spiro atoms. The van der Waals surface area contributed by atoms with Crippen LogP contribution < -0.4 is 0 Å². The van der Waals surface area contributed by atoms with Crippen molar-refractivity contribution >= 4 is 0 Å². The van der Waals surface area contributed by atoms with E-state index in [-0.39, 0.29) is 0 Å². The van der Waals surface area contributed by atoms with Crippen LogP contribution in [0.1, 0.15) is 34.1 Å². The summed E-state index contributed by atoms with van der Waals surface area (Å²) in [6.45, 7) is 6.64. The minimum atomic E-state index is -1.02. The van der Waals surface area contributed by atoms with Crippen molar-refractivity contribution in [2.45, 2.75) is 45.3 Å². The Morgan fingerprint density at radius 3 is 1.85 bits per heavy atom. The average molecular weight is 180 g/mol. The van der Waals surface area contributed by atoms with Gasteiger partial charge in [-0.15, -0.1) is 0 Å². The van der Waals surface area contributed by atoms with Crippen LogP contribution in [0.25, 0.3) is 0 Å². The molecule has 0 heterocycles. The Hall–Kier alpha value is -0.960. The van der Waals surface area contributed by atoms with Crippen molar-refractivity contribution in [3.05, 3.63) is 0 Å². The zero-order chi connectivity index (χ0) is 10.5. The van der Waals surface area contributed by atoms with Gasteiger partial charge < -0.3 is 10.2 Å². The van der Waals surface area contributed by atoms with Crippen LogP contribution in [0, 0.1) is 23.7 Å². The van der Waals surface area contributed by atoms with Gasteiger partial charge in [0.1, 0.15) is 11.2 Å². The van der Waals surface area contributed by atoms with Gasteiger partial charge in [-0.2, -0.15) is 0 Å². The van der Waals surface area contributed by atoms with E-state index in [0.717, 1.165) is 0 Å². The Labute approximate surface area is 80.0 Å². The summed E-state index contributed by atoms with van der Waals surface area (Å²) in [5, 5.41) is 18.6. The van der Waals surface area contributed by atoms with Crippen LogP contribution in [0.15, 0.2) is 0 Å². The number of hydrogen-bond donors (Lipinski definition) is 2. The van der Waals surface area contributed by atoms with E-state index in [4.69, 9.17) is 0 Å². The van der Waals surface area contributed by atoms with Crippen LogP contribution in [0.5, 0.6) is 0 Å². The van der Waals surface area contributed by atoms with Crippen molar-refractivity contribution in [1.29, 1.82) is 0 Å². The second-order valence-corrected chi connectivity index (χ2v) is 3.69. The first-order chi connectivity index (χ1) is 5.77. The van der Waals surface area contributed by atoms with Crippen molar-refractivity contribution in [3.63, 3.8) is 0 Å². The molecule has 2 heteroatoms. The van der Waals surface area contributed by atoms with Gasteiger partial charge in [-0.3, -0.25) is 0 Å². The minimum Gasteiger partial charge on any atom is -0.378 e. The van der Waals surface area contributed by atoms with E-state index < -0.39 is 11.2 Å². The van der Waals surface area contributed by atoms with E-state index in [9.17, 15) is 10.2 Å². The van der Waals surface area contributed by atoms with Crippen LogP contribution >= 0.6 is 0 Å². The average Bonchev–Trinajstić information content (AvgIpc) is 1.97. The molecule has 0 rings (SSSR count). The highest BCUT2D eigenvalue weighted by molar-refractivity contribution is 5.31. The highest BCUT2D eigenvalue weighted by Gasteiger charge is 2.11. The Bertz CT molecular complexity index is 273. The standard InChI is InChI=1S/C11H16O2/c1-5-11(4,13)9-7-6-8-10(2,3)12/h12-13H,5H2,1-4H3. The molecule has 2 N–H and O–H groups in total. The molecule has 0 aliphatic carbocycles. The quantitative estimate of drug-likeness (QED) is 0.589. The second-order valence-electron chi connectivity index (χ2n) is 3.69. The molecule has 0 saturated carbocycles. The largest absolute Gasteiger partial charge is 0.378 e. The Balaban J connectivity index is 4.36. The maximum atomic E-state index is 9.45. The first-order valence-electron chi connectivity index (χ1n) is 4.26. The Morgan fingerprint density at radius 1 is 1.00 bits per heavy atom. The Morgan fingerprint density at radius 2 is 1.46 bits per heavy atom. The fourth-order valence-corrected chi connectivity index (χ4v) is 0.438. The van der Waals surface area contributed by atoms with Crippen molar-refractivity contribution in [2.75, 3.05) is 0 Å². The lowest BCUT2D eigenvalue weighted by molar-refractivity contribution is 0.118. The molecular formula is C11H16O2. The van der Waals surface area contributed by atoms with Gasteiger partial charge in [-0.1, -0.05) is 18.8 Å². The fourth-order valence-electron chi connectivity index (χ4n) is 0.438. The molecule has 0 aromatic carbocycles.